The van der Waals surface area contributed by atoms with Gasteiger partial charge in [0.2, 0.25) is 0 Å². The lowest BCUT2D eigenvalue weighted by Crippen LogP contribution is -2.03. The summed E-state index contributed by atoms with van der Waals surface area (Å²) in [5.74, 6) is -1.10. The van der Waals surface area contributed by atoms with Crippen LogP contribution in [0.4, 0.5) is 0 Å². The number of carboxylic acid groups (broad SMARTS) is 1. The molecular formula is C10H9NO3. The molecule has 0 saturated carbocycles. The minimum atomic E-state index is -1.10. The van der Waals surface area contributed by atoms with Crippen molar-refractivity contribution in [2.24, 2.45) is 0 Å². The monoisotopic (exact) mass is 191 g/mol. The van der Waals surface area contributed by atoms with Gasteiger partial charge < -0.3 is 5.11 Å². The number of carboxylic acids is 1. The number of aromatic nitrogens is 1. The first kappa shape index (κ1) is 10.1. The fraction of sp³-hybridized carbons (Fsp3) is 0.100. The fourth-order valence-electron chi connectivity index (χ4n) is 1.04. The third-order valence-electron chi connectivity index (χ3n) is 1.61. The van der Waals surface area contributed by atoms with E-state index in [-0.39, 0.29) is 5.69 Å². The number of aldehydes is 1. The highest BCUT2D eigenvalue weighted by atomic mass is 16.4. The second-order valence-corrected chi connectivity index (χ2v) is 2.75. The number of hydrogen-bond donors (Lipinski definition) is 1. The molecule has 1 aromatic rings. The molecule has 0 amide bonds. The Bertz CT molecular complexity index is 396. The van der Waals surface area contributed by atoms with Crippen molar-refractivity contribution in [2.75, 3.05) is 0 Å². The van der Waals surface area contributed by atoms with E-state index >= 15 is 0 Å². The molecule has 0 radical (unpaired) electrons. The van der Waals surface area contributed by atoms with Gasteiger partial charge in [0.05, 0.1) is 0 Å². The summed E-state index contributed by atoms with van der Waals surface area (Å²) >= 11 is 0. The maximum atomic E-state index is 10.7. The third kappa shape index (κ3) is 2.26. The van der Waals surface area contributed by atoms with Crippen LogP contribution in [-0.4, -0.2) is 22.3 Å². The van der Waals surface area contributed by atoms with E-state index in [1.54, 1.807) is 13.0 Å². The van der Waals surface area contributed by atoms with E-state index in [0.717, 1.165) is 5.56 Å². The molecule has 0 saturated heterocycles. The molecule has 0 fully saturated rings. The molecule has 4 nitrogen and oxygen atoms in total. The van der Waals surface area contributed by atoms with Crippen molar-refractivity contribution in [1.82, 2.24) is 4.98 Å². The quantitative estimate of drug-likeness (QED) is 0.577. The van der Waals surface area contributed by atoms with Crippen LogP contribution in [0.1, 0.15) is 21.6 Å². The maximum Gasteiger partial charge on any atom is 0.355 e. The van der Waals surface area contributed by atoms with Crippen LogP contribution in [0.2, 0.25) is 0 Å². The molecule has 0 aliphatic heterocycles. The van der Waals surface area contributed by atoms with Crippen LogP contribution in [0.25, 0.3) is 6.08 Å². The van der Waals surface area contributed by atoms with Gasteiger partial charge in [0, 0.05) is 11.8 Å². The van der Waals surface area contributed by atoms with Crippen LogP contribution in [0.3, 0.4) is 0 Å². The summed E-state index contributed by atoms with van der Waals surface area (Å²) in [4.78, 5) is 24.6. The molecule has 0 aliphatic rings. The number of carbonyl (C=O) groups excluding carboxylic acids is 1. The van der Waals surface area contributed by atoms with Gasteiger partial charge in [-0.2, -0.15) is 0 Å². The molecule has 1 N–H and O–H groups in total. The first-order chi connectivity index (χ1) is 6.65. The number of carbonyl (C=O) groups is 2. The lowest BCUT2D eigenvalue weighted by Gasteiger charge is -2.00. The molecular weight excluding hydrogens is 182 g/mol. The average Bonchev–Trinajstić information content (AvgIpc) is 2.14. The summed E-state index contributed by atoms with van der Waals surface area (Å²) < 4.78 is 0. The minimum Gasteiger partial charge on any atom is -0.476 e. The highest BCUT2D eigenvalue weighted by Gasteiger charge is 2.08. The second kappa shape index (κ2) is 4.32. The minimum absolute atomic E-state index is 0.0475. The van der Waals surface area contributed by atoms with Crippen LogP contribution >= 0.6 is 0 Å². The number of nitrogens with zero attached hydrogens (tertiary/aromatic N) is 1. The zero-order chi connectivity index (χ0) is 10.6. The molecule has 1 aromatic heterocycles. The number of rotatable bonds is 3. The van der Waals surface area contributed by atoms with Crippen LogP contribution in [0.15, 0.2) is 18.3 Å². The van der Waals surface area contributed by atoms with Crippen molar-refractivity contribution < 1.29 is 14.7 Å². The van der Waals surface area contributed by atoms with Gasteiger partial charge in [0.1, 0.15) is 6.29 Å². The Morgan fingerprint density at radius 1 is 1.57 bits per heavy atom. The first-order valence-electron chi connectivity index (χ1n) is 3.97. The SMILES string of the molecule is Cc1cnc(C(=O)O)c(C=CC=O)c1. The highest BCUT2D eigenvalue weighted by molar-refractivity contribution is 5.91. The molecule has 0 spiro atoms. The van der Waals surface area contributed by atoms with Gasteiger partial charge in [-0.15, -0.1) is 0 Å². The Morgan fingerprint density at radius 3 is 2.86 bits per heavy atom. The third-order valence-corrected chi connectivity index (χ3v) is 1.61. The number of hydrogen-bond acceptors (Lipinski definition) is 3. The summed E-state index contributed by atoms with van der Waals surface area (Å²) in [7, 11) is 0. The smallest absolute Gasteiger partial charge is 0.355 e. The van der Waals surface area contributed by atoms with E-state index in [2.05, 4.69) is 4.98 Å². The van der Waals surface area contributed by atoms with Gasteiger partial charge in [0.25, 0.3) is 0 Å². The lowest BCUT2D eigenvalue weighted by atomic mass is 10.1. The summed E-state index contributed by atoms with van der Waals surface area (Å²) in [6.07, 6.45) is 4.73. The maximum absolute atomic E-state index is 10.7. The van der Waals surface area contributed by atoms with E-state index in [1.807, 2.05) is 0 Å². The molecule has 1 rings (SSSR count). The molecule has 0 bridgehead atoms. The van der Waals surface area contributed by atoms with E-state index in [9.17, 15) is 9.59 Å². The topological polar surface area (TPSA) is 67.3 Å². The molecule has 0 aromatic carbocycles. The molecule has 0 unspecified atom stereocenters. The van der Waals surface area contributed by atoms with Crippen molar-refractivity contribution in [3.8, 4) is 0 Å². The number of aryl methyl sites for hydroxylation is 1. The average molecular weight is 191 g/mol. The largest absolute Gasteiger partial charge is 0.476 e. The van der Waals surface area contributed by atoms with Crippen LogP contribution in [0, 0.1) is 6.92 Å². The van der Waals surface area contributed by atoms with Crippen molar-refractivity contribution in [3.05, 3.63) is 35.2 Å². The highest BCUT2D eigenvalue weighted by Crippen LogP contribution is 2.10. The van der Waals surface area contributed by atoms with E-state index in [1.165, 1.54) is 18.3 Å². The normalized spacial score (nSPS) is 10.4. The number of aromatic carboxylic acids is 1. The molecule has 0 aliphatic carbocycles. The van der Waals surface area contributed by atoms with E-state index in [0.29, 0.717) is 11.8 Å². The summed E-state index contributed by atoms with van der Waals surface area (Å²) in [6, 6.07) is 1.66. The Morgan fingerprint density at radius 2 is 2.29 bits per heavy atom. The summed E-state index contributed by atoms with van der Waals surface area (Å²) in [5.41, 5.74) is 1.24. The standard InChI is InChI=1S/C10H9NO3/c1-7-5-8(3-2-4-12)9(10(13)14)11-6-7/h2-6H,1H3,(H,13,14). The molecule has 14 heavy (non-hydrogen) atoms. The Hall–Kier alpha value is -1.97. The molecule has 0 atom stereocenters. The summed E-state index contributed by atoms with van der Waals surface area (Å²) in [5, 5.41) is 8.77. The zero-order valence-corrected chi connectivity index (χ0v) is 7.60. The predicted molar refractivity (Wildman–Crippen MR) is 51.0 cm³/mol. The number of pyridine rings is 1. The fourth-order valence-corrected chi connectivity index (χ4v) is 1.04. The Labute approximate surface area is 80.9 Å². The second-order valence-electron chi connectivity index (χ2n) is 2.75. The first-order valence-corrected chi connectivity index (χ1v) is 3.97. The number of allylic oxidation sites excluding steroid dienone is 1. The van der Waals surface area contributed by atoms with Crippen LogP contribution in [-0.2, 0) is 4.79 Å². The van der Waals surface area contributed by atoms with Crippen molar-refractivity contribution >= 4 is 18.3 Å². The van der Waals surface area contributed by atoms with Gasteiger partial charge in [-0.25, -0.2) is 9.78 Å². The van der Waals surface area contributed by atoms with Crippen molar-refractivity contribution in [1.29, 1.82) is 0 Å². The Kier molecular flexibility index (Phi) is 3.12. The molecule has 1 heterocycles. The lowest BCUT2D eigenvalue weighted by molar-refractivity contribution is -0.104. The molecule has 4 heteroatoms. The van der Waals surface area contributed by atoms with Gasteiger partial charge >= 0.3 is 5.97 Å². The van der Waals surface area contributed by atoms with Gasteiger partial charge in [-0.1, -0.05) is 0 Å². The summed E-state index contributed by atoms with van der Waals surface area (Å²) in [6.45, 7) is 1.80. The van der Waals surface area contributed by atoms with Gasteiger partial charge in [-0.05, 0) is 30.7 Å². The van der Waals surface area contributed by atoms with Crippen LogP contribution in [0.5, 0.6) is 0 Å². The van der Waals surface area contributed by atoms with Gasteiger partial charge in [-0.3, -0.25) is 4.79 Å². The van der Waals surface area contributed by atoms with E-state index < -0.39 is 5.97 Å². The molecule has 72 valence electrons. The Balaban J connectivity index is 3.22. The van der Waals surface area contributed by atoms with Gasteiger partial charge in [0.15, 0.2) is 5.69 Å². The van der Waals surface area contributed by atoms with Crippen molar-refractivity contribution in [3.63, 3.8) is 0 Å². The van der Waals surface area contributed by atoms with E-state index in [4.69, 9.17) is 5.11 Å². The van der Waals surface area contributed by atoms with Crippen molar-refractivity contribution in [2.45, 2.75) is 6.92 Å². The predicted octanol–water partition coefficient (Wildman–Crippen LogP) is 1.30. The van der Waals surface area contributed by atoms with Crippen LogP contribution < -0.4 is 0 Å². The zero-order valence-electron chi connectivity index (χ0n) is 7.60.